The zero-order valence-corrected chi connectivity index (χ0v) is 15.6. The van der Waals surface area contributed by atoms with Crippen LogP contribution in [0.3, 0.4) is 0 Å². The lowest BCUT2D eigenvalue weighted by molar-refractivity contribution is 0.0698. The fourth-order valence-corrected chi connectivity index (χ4v) is 4.78. The third kappa shape index (κ3) is 3.37. The van der Waals surface area contributed by atoms with E-state index < -0.39 is 10.0 Å². The molecule has 0 radical (unpaired) electrons. The van der Waals surface area contributed by atoms with Crippen LogP contribution in [0, 0.1) is 13.8 Å². The molecule has 1 aliphatic heterocycles. The maximum atomic E-state index is 12.8. The van der Waals surface area contributed by atoms with E-state index in [1.807, 2.05) is 12.1 Å². The van der Waals surface area contributed by atoms with Crippen LogP contribution in [-0.2, 0) is 16.6 Å². The van der Waals surface area contributed by atoms with Gasteiger partial charge in [0.05, 0.1) is 0 Å². The average Bonchev–Trinajstić information content (AvgIpc) is 3.00. The predicted octanol–water partition coefficient (Wildman–Crippen LogP) is 0.897. The van der Waals surface area contributed by atoms with Crippen molar-refractivity contribution in [1.82, 2.24) is 14.4 Å². The second kappa shape index (κ2) is 7.18. The van der Waals surface area contributed by atoms with Crippen molar-refractivity contribution < 1.29 is 17.7 Å². The van der Waals surface area contributed by atoms with Crippen LogP contribution in [0.25, 0.3) is 0 Å². The molecule has 0 unspecified atom stereocenters. The summed E-state index contributed by atoms with van der Waals surface area (Å²) in [5.41, 5.74) is 7.44. The van der Waals surface area contributed by atoms with Crippen LogP contribution in [-0.4, -0.2) is 54.9 Å². The Hall–Kier alpha value is -2.23. The lowest BCUT2D eigenvalue weighted by Gasteiger charge is -2.34. The van der Waals surface area contributed by atoms with E-state index in [1.54, 1.807) is 30.9 Å². The SMILES string of the molecule is Cc1noc(C)c1S(=O)(=O)N1CCN(C(=O)c2ccc(CN)cc2)CC1. The van der Waals surface area contributed by atoms with Gasteiger partial charge in [0.2, 0.25) is 10.0 Å². The van der Waals surface area contributed by atoms with E-state index in [0.29, 0.717) is 30.9 Å². The highest BCUT2D eigenvalue weighted by molar-refractivity contribution is 7.89. The van der Waals surface area contributed by atoms with E-state index in [-0.39, 0.29) is 29.7 Å². The highest BCUT2D eigenvalue weighted by atomic mass is 32.2. The maximum Gasteiger partial charge on any atom is 0.253 e. The Morgan fingerprint density at radius 1 is 1.15 bits per heavy atom. The molecule has 0 saturated carbocycles. The molecule has 140 valence electrons. The molecule has 1 fully saturated rings. The number of hydrogen-bond donors (Lipinski definition) is 1. The highest BCUT2D eigenvalue weighted by Gasteiger charge is 2.34. The Kier molecular flexibility index (Phi) is 5.12. The van der Waals surface area contributed by atoms with Gasteiger partial charge in [-0.3, -0.25) is 4.79 Å². The summed E-state index contributed by atoms with van der Waals surface area (Å²) in [7, 11) is -3.68. The first kappa shape index (κ1) is 18.6. The van der Waals surface area contributed by atoms with Gasteiger partial charge in [-0.15, -0.1) is 0 Å². The lowest BCUT2D eigenvalue weighted by atomic mass is 10.1. The van der Waals surface area contributed by atoms with Crippen molar-refractivity contribution in [1.29, 1.82) is 0 Å². The third-order valence-electron chi connectivity index (χ3n) is 4.53. The summed E-state index contributed by atoms with van der Waals surface area (Å²) in [5.74, 6) is 0.170. The van der Waals surface area contributed by atoms with Crippen LogP contribution < -0.4 is 5.73 Å². The van der Waals surface area contributed by atoms with Crippen molar-refractivity contribution in [3.8, 4) is 0 Å². The van der Waals surface area contributed by atoms with E-state index in [9.17, 15) is 13.2 Å². The largest absolute Gasteiger partial charge is 0.360 e. The molecule has 9 heteroatoms. The zero-order valence-electron chi connectivity index (χ0n) is 14.8. The predicted molar refractivity (Wildman–Crippen MR) is 95.0 cm³/mol. The molecule has 0 spiro atoms. The summed E-state index contributed by atoms with van der Waals surface area (Å²) in [4.78, 5) is 14.4. The van der Waals surface area contributed by atoms with Crippen molar-refractivity contribution in [2.45, 2.75) is 25.3 Å². The molecular weight excluding hydrogens is 356 g/mol. The van der Waals surface area contributed by atoms with Crippen LogP contribution in [0.1, 0.15) is 27.4 Å². The molecule has 2 heterocycles. The molecule has 26 heavy (non-hydrogen) atoms. The topological polar surface area (TPSA) is 110 Å². The standard InChI is InChI=1S/C17H22N4O4S/c1-12-16(13(2)25-19-12)26(23,24)21-9-7-20(8-10-21)17(22)15-5-3-14(11-18)4-6-15/h3-6H,7-11,18H2,1-2H3. The number of carbonyl (C=O) groups excluding carboxylic acids is 1. The quantitative estimate of drug-likeness (QED) is 0.846. The number of nitrogens with zero attached hydrogens (tertiary/aromatic N) is 3. The lowest BCUT2D eigenvalue weighted by Crippen LogP contribution is -2.50. The summed E-state index contributed by atoms with van der Waals surface area (Å²) in [6, 6.07) is 7.14. The van der Waals surface area contributed by atoms with E-state index in [1.165, 1.54) is 4.31 Å². The van der Waals surface area contributed by atoms with Gasteiger partial charge < -0.3 is 15.2 Å². The first-order valence-corrected chi connectivity index (χ1v) is 9.80. The van der Waals surface area contributed by atoms with E-state index in [2.05, 4.69) is 5.16 Å². The molecule has 1 saturated heterocycles. The molecule has 2 N–H and O–H groups in total. The number of sulfonamides is 1. The summed E-state index contributed by atoms with van der Waals surface area (Å²) >= 11 is 0. The van der Waals surface area contributed by atoms with Gasteiger partial charge in [0.25, 0.3) is 5.91 Å². The molecule has 1 aromatic carbocycles. The molecule has 2 aromatic rings. The van der Waals surface area contributed by atoms with Crippen LogP contribution in [0.2, 0.25) is 0 Å². The number of aromatic nitrogens is 1. The van der Waals surface area contributed by atoms with Gasteiger partial charge in [-0.2, -0.15) is 4.31 Å². The Morgan fingerprint density at radius 3 is 2.27 bits per heavy atom. The molecule has 1 aliphatic rings. The second-order valence-electron chi connectivity index (χ2n) is 6.25. The monoisotopic (exact) mass is 378 g/mol. The number of hydrogen-bond acceptors (Lipinski definition) is 6. The molecule has 1 amide bonds. The fourth-order valence-electron chi connectivity index (χ4n) is 3.07. The van der Waals surface area contributed by atoms with Gasteiger partial charge in [-0.25, -0.2) is 8.42 Å². The van der Waals surface area contributed by atoms with Crippen molar-refractivity contribution >= 4 is 15.9 Å². The zero-order chi connectivity index (χ0) is 18.9. The first-order chi connectivity index (χ1) is 12.3. The number of aryl methyl sites for hydroxylation is 2. The summed E-state index contributed by atoms with van der Waals surface area (Å²) in [6.45, 7) is 4.75. The van der Waals surface area contributed by atoms with Gasteiger partial charge in [0.15, 0.2) is 5.76 Å². The summed E-state index contributed by atoms with van der Waals surface area (Å²) in [6.07, 6.45) is 0. The van der Waals surface area contributed by atoms with Gasteiger partial charge in [0.1, 0.15) is 10.6 Å². The maximum absolute atomic E-state index is 12.8. The van der Waals surface area contributed by atoms with Crippen molar-refractivity contribution in [3.63, 3.8) is 0 Å². The Bertz CT molecular complexity index is 878. The number of benzene rings is 1. The number of rotatable bonds is 4. The van der Waals surface area contributed by atoms with Crippen LogP contribution in [0.4, 0.5) is 0 Å². The number of nitrogens with two attached hydrogens (primary N) is 1. The summed E-state index contributed by atoms with van der Waals surface area (Å²) < 4.78 is 32.0. The van der Waals surface area contributed by atoms with Gasteiger partial charge >= 0.3 is 0 Å². The molecule has 0 bridgehead atoms. The molecule has 1 aromatic heterocycles. The average molecular weight is 378 g/mol. The van der Waals surface area contributed by atoms with Crippen molar-refractivity contribution in [2.24, 2.45) is 5.73 Å². The van der Waals surface area contributed by atoms with E-state index in [4.69, 9.17) is 10.3 Å². The Labute approximate surface area is 152 Å². The fraction of sp³-hybridized carbons (Fsp3) is 0.412. The van der Waals surface area contributed by atoms with Gasteiger partial charge in [0, 0.05) is 38.3 Å². The third-order valence-corrected chi connectivity index (χ3v) is 6.67. The minimum Gasteiger partial charge on any atom is -0.360 e. The first-order valence-electron chi connectivity index (χ1n) is 8.36. The van der Waals surface area contributed by atoms with Gasteiger partial charge in [-0.05, 0) is 31.5 Å². The van der Waals surface area contributed by atoms with Crippen molar-refractivity contribution in [2.75, 3.05) is 26.2 Å². The smallest absolute Gasteiger partial charge is 0.253 e. The minimum absolute atomic E-state index is 0.108. The Morgan fingerprint density at radius 2 is 1.77 bits per heavy atom. The van der Waals surface area contributed by atoms with E-state index in [0.717, 1.165) is 5.56 Å². The number of amides is 1. The minimum atomic E-state index is -3.68. The molecule has 0 atom stereocenters. The molecular formula is C17H22N4O4S. The van der Waals surface area contributed by atoms with Crippen LogP contribution in [0.5, 0.6) is 0 Å². The normalized spacial score (nSPS) is 16.0. The molecule has 0 aliphatic carbocycles. The molecule has 8 nitrogen and oxygen atoms in total. The van der Waals surface area contributed by atoms with Crippen LogP contribution >= 0.6 is 0 Å². The molecule has 3 rings (SSSR count). The summed E-state index contributed by atoms with van der Waals surface area (Å²) in [5, 5.41) is 3.72. The van der Waals surface area contributed by atoms with Gasteiger partial charge in [-0.1, -0.05) is 17.3 Å². The number of piperazine rings is 1. The van der Waals surface area contributed by atoms with Crippen molar-refractivity contribution in [3.05, 3.63) is 46.8 Å². The second-order valence-corrected chi connectivity index (χ2v) is 8.13. The van der Waals surface area contributed by atoms with E-state index >= 15 is 0 Å². The highest BCUT2D eigenvalue weighted by Crippen LogP contribution is 2.24. The van der Waals surface area contributed by atoms with Crippen LogP contribution in [0.15, 0.2) is 33.7 Å². The number of carbonyl (C=O) groups is 1. The Balaban J connectivity index is 1.69.